The van der Waals surface area contributed by atoms with Crippen LogP contribution in [0.15, 0.2) is 65.8 Å². The number of anilines is 1. The molecule has 204 valence electrons. The highest BCUT2D eigenvalue weighted by molar-refractivity contribution is 14.1. The zero-order chi connectivity index (χ0) is 28.4. The Labute approximate surface area is 241 Å². The lowest BCUT2D eigenvalue weighted by molar-refractivity contribution is -0.139. The number of carbonyl (C=O) groups excluding carboxylic acids is 3. The molecule has 0 aliphatic heterocycles. The minimum absolute atomic E-state index is 0.208. The maximum Gasteiger partial charge on any atom is 0.329 e. The third kappa shape index (κ3) is 9.10. The molecule has 0 aliphatic carbocycles. The number of ether oxygens (including phenoxy) is 2. The molecule has 0 bridgehead atoms. The predicted molar refractivity (Wildman–Crippen MR) is 159 cm³/mol. The van der Waals surface area contributed by atoms with Crippen molar-refractivity contribution in [1.82, 2.24) is 10.7 Å². The molecule has 0 saturated carbocycles. The smallest absolute Gasteiger partial charge is 0.329 e. The van der Waals surface area contributed by atoms with Crippen molar-refractivity contribution in [1.29, 1.82) is 0 Å². The van der Waals surface area contributed by atoms with Gasteiger partial charge in [0.2, 0.25) is 0 Å². The first-order chi connectivity index (χ1) is 18.7. The molecule has 0 heterocycles. The van der Waals surface area contributed by atoms with Crippen LogP contribution in [-0.2, 0) is 20.9 Å². The number of nitrogens with zero attached hydrogens (tertiary/aromatic N) is 1. The second-order valence-corrected chi connectivity index (χ2v) is 10.2. The van der Waals surface area contributed by atoms with Gasteiger partial charge >= 0.3 is 11.8 Å². The molecule has 9 nitrogen and oxygen atoms in total. The van der Waals surface area contributed by atoms with Crippen molar-refractivity contribution in [3.05, 3.63) is 86.5 Å². The number of aryl methyl sites for hydroxylation is 1. The van der Waals surface area contributed by atoms with Gasteiger partial charge in [0.15, 0.2) is 18.1 Å². The maximum absolute atomic E-state index is 12.3. The van der Waals surface area contributed by atoms with Gasteiger partial charge in [-0.15, -0.1) is 0 Å². The van der Waals surface area contributed by atoms with Gasteiger partial charge in [0.25, 0.3) is 5.91 Å². The summed E-state index contributed by atoms with van der Waals surface area (Å²) < 4.78 is 11.8. The topological polar surface area (TPSA) is 118 Å². The van der Waals surface area contributed by atoms with Gasteiger partial charge in [-0.1, -0.05) is 55.8 Å². The quantitative estimate of drug-likeness (QED) is 0.130. The Balaban J connectivity index is 1.52. The van der Waals surface area contributed by atoms with E-state index in [1.54, 1.807) is 12.1 Å². The van der Waals surface area contributed by atoms with E-state index >= 15 is 0 Å². The van der Waals surface area contributed by atoms with Crippen LogP contribution < -0.4 is 25.5 Å². The monoisotopic (exact) mass is 642 g/mol. The number of hydrazone groups is 1. The predicted octanol–water partition coefficient (Wildman–Crippen LogP) is 4.52. The molecule has 10 heteroatoms. The van der Waals surface area contributed by atoms with Gasteiger partial charge in [0.1, 0.15) is 0 Å². The first kappa shape index (κ1) is 29.6. The van der Waals surface area contributed by atoms with E-state index in [2.05, 4.69) is 57.6 Å². The summed E-state index contributed by atoms with van der Waals surface area (Å²) in [5, 5.41) is 9.23. The van der Waals surface area contributed by atoms with E-state index in [9.17, 15) is 14.4 Å². The molecule has 0 aromatic heterocycles. The molecular formula is C29H31IN4O5. The molecule has 3 amide bonds. The van der Waals surface area contributed by atoms with Crippen LogP contribution >= 0.6 is 22.6 Å². The van der Waals surface area contributed by atoms with Crippen LogP contribution in [0.2, 0.25) is 0 Å². The lowest BCUT2D eigenvalue weighted by Crippen LogP contribution is -2.37. The van der Waals surface area contributed by atoms with Gasteiger partial charge < -0.3 is 20.1 Å². The summed E-state index contributed by atoms with van der Waals surface area (Å²) in [5.41, 5.74) is 6.68. The Hall–Kier alpha value is -3.93. The first-order valence-electron chi connectivity index (χ1n) is 12.2. The Bertz CT molecular complexity index is 1340. The van der Waals surface area contributed by atoms with Crippen molar-refractivity contribution >= 4 is 52.2 Å². The molecule has 0 aliphatic rings. The first-order valence-corrected chi connectivity index (χ1v) is 13.3. The summed E-state index contributed by atoms with van der Waals surface area (Å²) in [7, 11) is 1.48. The average Bonchev–Trinajstić information content (AvgIpc) is 2.92. The van der Waals surface area contributed by atoms with E-state index in [1.807, 2.05) is 55.5 Å². The number of carbonyl (C=O) groups is 3. The van der Waals surface area contributed by atoms with E-state index in [-0.39, 0.29) is 19.1 Å². The molecule has 3 N–H and O–H groups in total. The van der Waals surface area contributed by atoms with Gasteiger partial charge in [0.05, 0.1) is 16.9 Å². The zero-order valence-electron chi connectivity index (χ0n) is 22.2. The molecule has 39 heavy (non-hydrogen) atoms. The minimum atomic E-state index is -0.883. The number of methoxy groups -OCH3 is 1. The third-order valence-electron chi connectivity index (χ3n) is 5.62. The molecule has 0 atom stereocenters. The zero-order valence-corrected chi connectivity index (χ0v) is 24.4. The van der Waals surface area contributed by atoms with Gasteiger partial charge in [-0.2, -0.15) is 5.10 Å². The Morgan fingerprint density at radius 1 is 1.00 bits per heavy atom. The summed E-state index contributed by atoms with van der Waals surface area (Å²) >= 11 is 2.06. The highest BCUT2D eigenvalue weighted by atomic mass is 127. The summed E-state index contributed by atoms with van der Waals surface area (Å²) in [5.74, 6) is -0.777. The number of hydrogen-bond acceptors (Lipinski definition) is 6. The molecule has 3 aromatic carbocycles. The van der Waals surface area contributed by atoms with E-state index in [4.69, 9.17) is 9.47 Å². The molecule has 0 fully saturated rings. The molecular weight excluding hydrogens is 611 g/mol. The molecule has 0 spiro atoms. The highest BCUT2D eigenvalue weighted by Crippen LogP contribution is 2.33. The number of amides is 3. The van der Waals surface area contributed by atoms with E-state index in [1.165, 1.54) is 18.9 Å². The van der Waals surface area contributed by atoms with Crippen molar-refractivity contribution in [2.24, 2.45) is 5.10 Å². The van der Waals surface area contributed by atoms with Crippen molar-refractivity contribution in [2.45, 2.75) is 33.2 Å². The number of rotatable bonds is 10. The fourth-order valence-electron chi connectivity index (χ4n) is 3.43. The van der Waals surface area contributed by atoms with Gasteiger partial charge in [-0.3, -0.25) is 14.4 Å². The second-order valence-electron chi connectivity index (χ2n) is 9.02. The normalized spacial score (nSPS) is 10.8. The van der Waals surface area contributed by atoms with Crippen LogP contribution in [0.1, 0.15) is 42.0 Å². The Morgan fingerprint density at radius 3 is 2.33 bits per heavy atom. The van der Waals surface area contributed by atoms with Gasteiger partial charge in [-0.05, 0) is 76.4 Å². The molecule has 0 radical (unpaired) electrons. The lowest BCUT2D eigenvalue weighted by atomic mass is 10.0. The highest BCUT2D eigenvalue weighted by Gasteiger charge is 2.15. The minimum Gasteiger partial charge on any atom is -0.493 e. The fourth-order valence-corrected chi connectivity index (χ4v) is 4.21. The number of benzene rings is 3. The molecule has 0 saturated heterocycles. The van der Waals surface area contributed by atoms with Crippen LogP contribution in [0, 0.1) is 10.5 Å². The van der Waals surface area contributed by atoms with Crippen molar-refractivity contribution in [3.63, 3.8) is 0 Å². The summed E-state index contributed by atoms with van der Waals surface area (Å²) in [6, 6.07) is 18.7. The van der Waals surface area contributed by atoms with Crippen LogP contribution in [0.25, 0.3) is 0 Å². The summed E-state index contributed by atoms with van der Waals surface area (Å²) in [6.07, 6.45) is 1.38. The summed E-state index contributed by atoms with van der Waals surface area (Å²) in [4.78, 5) is 36.5. The lowest BCUT2D eigenvalue weighted by Gasteiger charge is -2.13. The van der Waals surface area contributed by atoms with Crippen LogP contribution in [0.5, 0.6) is 11.5 Å². The van der Waals surface area contributed by atoms with Crippen molar-refractivity contribution in [2.75, 3.05) is 19.0 Å². The average molecular weight is 642 g/mol. The maximum atomic E-state index is 12.3. The van der Waals surface area contributed by atoms with E-state index < -0.39 is 11.8 Å². The van der Waals surface area contributed by atoms with Gasteiger partial charge in [0, 0.05) is 12.2 Å². The molecule has 3 aromatic rings. The summed E-state index contributed by atoms with van der Waals surface area (Å²) in [6.45, 7) is 6.21. The Morgan fingerprint density at radius 2 is 1.69 bits per heavy atom. The van der Waals surface area contributed by atoms with Crippen molar-refractivity contribution < 1.29 is 23.9 Å². The SMILES string of the molecule is COc1cc(/C=N\NC(=O)C(=O)NCc2ccc(C(C)C)cc2)cc(I)c1OCC(=O)Nc1ccc(C)cc1. The molecule has 3 rings (SSSR count). The third-order valence-corrected chi connectivity index (χ3v) is 6.42. The van der Waals surface area contributed by atoms with Crippen LogP contribution in [0.4, 0.5) is 5.69 Å². The van der Waals surface area contributed by atoms with Gasteiger partial charge in [-0.25, -0.2) is 5.43 Å². The van der Waals surface area contributed by atoms with E-state index in [0.29, 0.717) is 32.2 Å². The van der Waals surface area contributed by atoms with Crippen molar-refractivity contribution in [3.8, 4) is 11.5 Å². The number of nitrogens with one attached hydrogen (secondary N) is 3. The number of halogens is 1. The van der Waals surface area contributed by atoms with Crippen LogP contribution in [0.3, 0.4) is 0 Å². The van der Waals surface area contributed by atoms with E-state index in [0.717, 1.165) is 11.1 Å². The van der Waals surface area contributed by atoms with Crippen LogP contribution in [-0.4, -0.2) is 37.7 Å². The standard InChI is InChI=1S/C29H31IN4O5/c1-18(2)22-9-7-20(8-10-22)15-31-28(36)29(37)34-32-16-21-13-24(30)27(25(14-21)38-4)39-17-26(35)33-23-11-5-19(3)6-12-23/h5-14,16,18H,15,17H2,1-4H3,(H,31,36)(H,33,35)(H,34,37)/b32-16-. The molecule has 0 unspecified atom stereocenters. The number of hydrogen-bond donors (Lipinski definition) is 3. The second kappa shape index (κ2) is 14.3. The Kier molecular flexibility index (Phi) is 10.9. The fraction of sp³-hybridized carbons (Fsp3) is 0.241. The largest absolute Gasteiger partial charge is 0.493 e.